The van der Waals surface area contributed by atoms with Gasteiger partial charge in [0.1, 0.15) is 6.61 Å². The fourth-order valence-electron chi connectivity index (χ4n) is 6.16. The molecule has 0 aliphatic heterocycles. The molecule has 0 amide bonds. The molecule has 0 spiro atoms. The summed E-state index contributed by atoms with van der Waals surface area (Å²) in [6.07, 6.45) is 4.94. The molecule has 0 bridgehead atoms. The van der Waals surface area contributed by atoms with Crippen molar-refractivity contribution in [2.75, 3.05) is 13.2 Å². The van der Waals surface area contributed by atoms with Gasteiger partial charge in [-0.15, -0.1) is 0 Å². The molecule has 7 atom stereocenters. The summed E-state index contributed by atoms with van der Waals surface area (Å²) in [7, 11) is 0. The lowest BCUT2D eigenvalue weighted by Gasteiger charge is -2.60. The van der Waals surface area contributed by atoms with Gasteiger partial charge in [-0.2, -0.15) is 0 Å². The van der Waals surface area contributed by atoms with Crippen LogP contribution in [0.5, 0.6) is 0 Å². The minimum absolute atomic E-state index is 0.0314. The standard InChI is InChI=1S/C27H44O6/c1-8-18(3)25(31)32-12-11-17(2)9-10-22-19(4)23(30)13-24-26(6,16-33-20(5)28)14-21(29)15-27(22,24)7/h11,18,21-24,29-30H,4,8-10,12-16H2,1-3,5-7H3/b17-11+/t18-,21-,22+,23+,24-,26-,27-/m1/s1. The zero-order chi connectivity index (χ0) is 25.0. The molecular formula is C27H44O6. The lowest BCUT2D eigenvalue weighted by Crippen LogP contribution is -2.58. The first-order chi connectivity index (χ1) is 15.3. The second-order valence-electron chi connectivity index (χ2n) is 11.0. The Labute approximate surface area is 199 Å². The number of allylic oxidation sites excluding steroid dienone is 1. The lowest BCUT2D eigenvalue weighted by atomic mass is 9.45. The molecule has 0 radical (unpaired) electrons. The molecule has 33 heavy (non-hydrogen) atoms. The van der Waals surface area contributed by atoms with E-state index in [1.807, 2.05) is 26.8 Å². The quantitative estimate of drug-likeness (QED) is 0.383. The van der Waals surface area contributed by atoms with Crippen LogP contribution in [-0.4, -0.2) is 47.6 Å². The van der Waals surface area contributed by atoms with Gasteiger partial charge in [0, 0.05) is 12.3 Å². The molecule has 6 nitrogen and oxygen atoms in total. The Bertz CT molecular complexity index is 758. The average Bonchev–Trinajstić information content (AvgIpc) is 2.73. The third-order valence-electron chi connectivity index (χ3n) is 8.25. The molecule has 0 heterocycles. The highest BCUT2D eigenvalue weighted by atomic mass is 16.5. The Kier molecular flexibility index (Phi) is 9.34. The van der Waals surface area contributed by atoms with Crippen LogP contribution in [0.3, 0.4) is 0 Å². The highest BCUT2D eigenvalue weighted by Crippen LogP contribution is 2.62. The molecule has 2 saturated carbocycles. The molecule has 0 aromatic rings. The maximum atomic E-state index is 11.9. The van der Waals surface area contributed by atoms with Crippen LogP contribution in [0.25, 0.3) is 0 Å². The Morgan fingerprint density at radius 1 is 1.21 bits per heavy atom. The number of carbonyl (C=O) groups is 2. The zero-order valence-electron chi connectivity index (χ0n) is 21.4. The summed E-state index contributed by atoms with van der Waals surface area (Å²) in [6, 6.07) is 0. The Morgan fingerprint density at radius 2 is 1.88 bits per heavy atom. The summed E-state index contributed by atoms with van der Waals surface area (Å²) in [4.78, 5) is 23.4. The van der Waals surface area contributed by atoms with E-state index in [4.69, 9.17) is 9.47 Å². The van der Waals surface area contributed by atoms with Crippen LogP contribution in [-0.2, 0) is 19.1 Å². The van der Waals surface area contributed by atoms with Gasteiger partial charge in [0.2, 0.25) is 0 Å². The van der Waals surface area contributed by atoms with Gasteiger partial charge in [-0.3, -0.25) is 9.59 Å². The van der Waals surface area contributed by atoms with Crippen LogP contribution < -0.4 is 0 Å². The maximum Gasteiger partial charge on any atom is 0.308 e. The van der Waals surface area contributed by atoms with Crippen molar-refractivity contribution in [3.8, 4) is 0 Å². The molecule has 0 unspecified atom stereocenters. The lowest BCUT2D eigenvalue weighted by molar-refractivity contribution is -0.167. The Hall–Kier alpha value is -1.66. The number of aliphatic hydroxyl groups excluding tert-OH is 2. The second kappa shape index (κ2) is 11.2. The topological polar surface area (TPSA) is 93.1 Å². The number of esters is 2. The molecule has 0 aromatic heterocycles. The van der Waals surface area contributed by atoms with E-state index in [2.05, 4.69) is 20.4 Å². The van der Waals surface area contributed by atoms with Crippen molar-refractivity contribution in [3.63, 3.8) is 0 Å². The number of aliphatic hydroxyl groups is 2. The molecule has 6 heteroatoms. The van der Waals surface area contributed by atoms with E-state index in [1.165, 1.54) is 6.92 Å². The van der Waals surface area contributed by atoms with Gasteiger partial charge in [0.25, 0.3) is 0 Å². The van der Waals surface area contributed by atoms with Crippen LogP contribution in [0.4, 0.5) is 0 Å². The molecular weight excluding hydrogens is 420 g/mol. The van der Waals surface area contributed by atoms with E-state index < -0.39 is 17.6 Å². The summed E-state index contributed by atoms with van der Waals surface area (Å²) in [5.74, 6) is -0.474. The monoisotopic (exact) mass is 464 g/mol. The Balaban J connectivity index is 2.15. The minimum Gasteiger partial charge on any atom is -0.465 e. The van der Waals surface area contributed by atoms with Crippen LogP contribution in [0.15, 0.2) is 23.8 Å². The van der Waals surface area contributed by atoms with E-state index in [0.717, 1.165) is 30.4 Å². The van der Waals surface area contributed by atoms with E-state index in [0.29, 0.717) is 19.3 Å². The predicted octanol–water partition coefficient (Wildman–Crippen LogP) is 4.59. The first kappa shape index (κ1) is 27.6. The number of rotatable bonds is 9. The number of ether oxygens (including phenoxy) is 2. The summed E-state index contributed by atoms with van der Waals surface area (Å²) >= 11 is 0. The molecule has 2 rings (SSSR count). The normalized spacial score (nSPS) is 35.5. The van der Waals surface area contributed by atoms with Gasteiger partial charge in [-0.05, 0) is 74.3 Å². The van der Waals surface area contributed by atoms with E-state index in [1.54, 1.807) is 0 Å². The van der Waals surface area contributed by atoms with Crippen LogP contribution in [0.1, 0.15) is 80.1 Å². The minimum atomic E-state index is -0.610. The van der Waals surface area contributed by atoms with Crippen molar-refractivity contribution in [1.82, 2.24) is 0 Å². The number of carbonyl (C=O) groups excluding carboxylic acids is 2. The summed E-state index contributed by atoms with van der Waals surface area (Å²) in [5.41, 5.74) is 1.28. The molecule has 2 fully saturated rings. The fraction of sp³-hybridized carbons (Fsp3) is 0.778. The van der Waals surface area contributed by atoms with E-state index in [9.17, 15) is 19.8 Å². The molecule has 2 aliphatic carbocycles. The van der Waals surface area contributed by atoms with Gasteiger partial charge in [-0.1, -0.05) is 39.8 Å². The zero-order valence-corrected chi connectivity index (χ0v) is 21.4. The number of fused-ring (bicyclic) bond motifs is 1. The van der Waals surface area contributed by atoms with Crippen molar-refractivity contribution < 1.29 is 29.3 Å². The van der Waals surface area contributed by atoms with Crippen molar-refractivity contribution >= 4 is 11.9 Å². The van der Waals surface area contributed by atoms with Gasteiger partial charge in [-0.25, -0.2) is 0 Å². The highest BCUT2D eigenvalue weighted by Gasteiger charge is 2.58. The summed E-state index contributed by atoms with van der Waals surface area (Å²) in [5, 5.41) is 21.7. The van der Waals surface area contributed by atoms with Crippen molar-refractivity contribution in [1.29, 1.82) is 0 Å². The molecule has 0 saturated heterocycles. The van der Waals surface area contributed by atoms with Gasteiger partial charge >= 0.3 is 11.9 Å². The Morgan fingerprint density at radius 3 is 2.48 bits per heavy atom. The van der Waals surface area contributed by atoms with E-state index >= 15 is 0 Å². The average molecular weight is 465 g/mol. The first-order valence-electron chi connectivity index (χ1n) is 12.3. The third kappa shape index (κ3) is 6.48. The highest BCUT2D eigenvalue weighted by molar-refractivity contribution is 5.71. The second-order valence-corrected chi connectivity index (χ2v) is 11.0. The number of hydrogen-bond acceptors (Lipinski definition) is 6. The fourth-order valence-corrected chi connectivity index (χ4v) is 6.16. The van der Waals surface area contributed by atoms with Crippen LogP contribution in [0, 0.1) is 28.6 Å². The van der Waals surface area contributed by atoms with E-state index in [-0.39, 0.29) is 48.3 Å². The first-order valence-corrected chi connectivity index (χ1v) is 12.3. The summed E-state index contributed by atoms with van der Waals surface area (Å²) < 4.78 is 10.7. The van der Waals surface area contributed by atoms with Crippen molar-refractivity contribution in [3.05, 3.63) is 23.8 Å². The molecule has 188 valence electrons. The van der Waals surface area contributed by atoms with Gasteiger partial charge in [0.15, 0.2) is 0 Å². The SMILES string of the molecule is C=C1[C@@H](O)C[C@@H]2[C@@](C)(COC(C)=O)C[C@@H](O)C[C@]2(C)[C@H]1CC/C(C)=C/COC(=O)[C@H](C)CC. The molecule has 2 aliphatic rings. The van der Waals surface area contributed by atoms with Crippen molar-refractivity contribution in [2.24, 2.45) is 28.6 Å². The molecule has 0 aromatic carbocycles. The van der Waals surface area contributed by atoms with Gasteiger partial charge < -0.3 is 19.7 Å². The van der Waals surface area contributed by atoms with Crippen LogP contribution in [0.2, 0.25) is 0 Å². The maximum absolute atomic E-state index is 11.9. The third-order valence-corrected chi connectivity index (χ3v) is 8.25. The smallest absolute Gasteiger partial charge is 0.308 e. The predicted molar refractivity (Wildman–Crippen MR) is 128 cm³/mol. The van der Waals surface area contributed by atoms with Gasteiger partial charge in [0.05, 0.1) is 24.7 Å². The van der Waals surface area contributed by atoms with Crippen molar-refractivity contribution in [2.45, 2.75) is 92.3 Å². The van der Waals surface area contributed by atoms with Crippen LogP contribution >= 0.6 is 0 Å². The molecule has 2 N–H and O–H groups in total. The largest absolute Gasteiger partial charge is 0.465 e. The summed E-state index contributed by atoms with van der Waals surface area (Å²) in [6.45, 7) is 16.3. The number of hydrogen-bond donors (Lipinski definition) is 2.